The van der Waals surface area contributed by atoms with Crippen molar-refractivity contribution >= 4 is 13.8 Å². The van der Waals surface area contributed by atoms with Gasteiger partial charge in [0.1, 0.15) is 7.85 Å². The third kappa shape index (κ3) is 2.95. The summed E-state index contributed by atoms with van der Waals surface area (Å²) >= 11 is 0. The van der Waals surface area contributed by atoms with Crippen LogP contribution in [0.5, 0.6) is 0 Å². The molecular formula is C10H20BNO3. The molecule has 1 rings (SSSR count). The molecule has 86 valence electrons. The first-order chi connectivity index (χ1) is 6.85. The predicted molar refractivity (Wildman–Crippen MR) is 60.0 cm³/mol. The van der Waals surface area contributed by atoms with Crippen LogP contribution < -0.4 is 5.73 Å². The Morgan fingerprint density at radius 1 is 1.67 bits per heavy atom. The second kappa shape index (κ2) is 4.53. The molecule has 0 aromatic rings. The number of hydrogen-bond acceptors (Lipinski definition) is 4. The van der Waals surface area contributed by atoms with Gasteiger partial charge in [-0.25, -0.2) is 0 Å². The molecule has 1 heterocycles. The second-order valence-electron chi connectivity index (χ2n) is 4.77. The van der Waals surface area contributed by atoms with Crippen LogP contribution in [0, 0.1) is 5.92 Å². The van der Waals surface area contributed by atoms with Crippen molar-refractivity contribution in [2.24, 2.45) is 11.7 Å². The SMILES string of the molecule is B[C@@]1(C(C)C)CCC(N)C(OC(C)=O)O1. The Morgan fingerprint density at radius 3 is 2.73 bits per heavy atom. The Labute approximate surface area is 91.9 Å². The van der Waals surface area contributed by atoms with Gasteiger partial charge in [-0.2, -0.15) is 0 Å². The topological polar surface area (TPSA) is 61.5 Å². The van der Waals surface area contributed by atoms with E-state index < -0.39 is 6.29 Å². The number of carbonyl (C=O) groups is 1. The zero-order valence-electron chi connectivity index (χ0n) is 9.95. The van der Waals surface area contributed by atoms with Crippen molar-refractivity contribution in [1.29, 1.82) is 0 Å². The Hall–Kier alpha value is -0.545. The highest BCUT2D eigenvalue weighted by molar-refractivity contribution is 6.14. The molecule has 0 aromatic carbocycles. The Kier molecular flexibility index (Phi) is 3.79. The molecule has 3 atom stereocenters. The van der Waals surface area contributed by atoms with Crippen molar-refractivity contribution in [3.63, 3.8) is 0 Å². The number of ether oxygens (including phenoxy) is 2. The molecule has 1 aliphatic rings. The molecule has 0 saturated carbocycles. The Morgan fingerprint density at radius 2 is 2.27 bits per heavy atom. The van der Waals surface area contributed by atoms with Gasteiger partial charge in [-0.1, -0.05) is 13.8 Å². The van der Waals surface area contributed by atoms with E-state index in [0.29, 0.717) is 5.92 Å². The molecule has 2 N–H and O–H groups in total. The van der Waals surface area contributed by atoms with Gasteiger partial charge in [0.05, 0.1) is 6.04 Å². The first-order valence-corrected chi connectivity index (χ1v) is 5.46. The first kappa shape index (κ1) is 12.5. The molecule has 4 nitrogen and oxygen atoms in total. The summed E-state index contributed by atoms with van der Waals surface area (Å²) in [6.45, 7) is 5.57. The predicted octanol–water partition coefficient (Wildman–Crippen LogP) is -0.00130. The molecule has 1 fully saturated rings. The van der Waals surface area contributed by atoms with E-state index in [-0.39, 0.29) is 17.5 Å². The summed E-state index contributed by atoms with van der Waals surface area (Å²) in [5.74, 6) is 0.0338. The monoisotopic (exact) mass is 213 g/mol. The van der Waals surface area contributed by atoms with E-state index in [1.54, 1.807) is 0 Å². The Bertz CT molecular complexity index is 247. The number of carbonyl (C=O) groups excluding carboxylic acids is 1. The fourth-order valence-electron chi connectivity index (χ4n) is 1.70. The van der Waals surface area contributed by atoms with Crippen LogP contribution in [0.3, 0.4) is 0 Å². The quantitative estimate of drug-likeness (QED) is 0.518. The van der Waals surface area contributed by atoms with Crippen LogP contribution in [0.1, 0.15) is 33.6 Å². The van der Waals surface area contributed by atoms with E-state index in [0.717, 1.165) is 12.8 Å². The van der Waals surface area contributed by atoms with Crippen LogP contribution in [-0.4, -0.2) is 31.6 Å². The highest BCUT2D eigenvalue weighted by Crippen LogP contribution is 2.32. The van der Waals surface area contributed by atoms with E-state index in [1.807, 2.05) is 7.85 Å². The smallest absolute Gasteiger partial charge is 0.304 e. The van der Waals surface area contributed by atoms with E-state index in [2.05, 4.69) is 13.8 Å². The molecule has 0 radical (unpaired) electrons. The van der Waals surface area contributed by atoms with Crippen LogP contribution in [0.4, 0.5) is 0 Å². The minimum Gasteiger partial charge on any atom is -0.434 e. The van der Waals surface area contributed by atoms with Crippen molar-refractivity contribution in [1.82, 2.24) is 0 Å². The molecule has 0 bridgehead atoms. The summed E-state index contributed by atoms with van der Waals surface area (Å²) in [5.41, 5.74) is 5.61. The fourth-order valence-corrected chi connectivity index (χ4v) is 1.70. The minimum atomic E-state index is -0.594. The molecule has 0 spiro atoms. The number of hydrogen-bond donors (Lipinski definition) is 1. The largest absolute Gasteiger partial charge is 0.434 e. The second-order valence-corrected chi connectivity index (χ2v) is 4.77. The summed E-state index contributed by atoms with van der Waals surface area (Å²) in [4.78, 5) is 10.9. The van der Waals surface area contributed by atoms with Crippen molar-refractivity contribution in [3.05, 3.63) is 0 Å². The maximum absolute atomic E-state index is 10.9. The van der Waals surface area contributed by atoms with Crippen LogP contribution in [-0.2, 0) is 14.3 Å². The van der Waals surface area contributed by atoms with E-state index in [9.17, 15) is 4.79 Å². The summed E-state index contributed by atoms with van der Waals surface area (Å²) in [6, 6.07) is -0.208. The zero-order valence-corrected chi connectivity index (χ0v) is 9.95. The lowest BCUT2D eigenvalue weighted by Crippen LogP contribution is -2.54. The maximum atomic E-state index is 10.9. The molecule has 15 heavy (non-hydrogen) atoms. The molecule has 0 aliphatic carbocycles. The van der Waals surface area contributed by atoms with Crippen LogP contribution in [0.25, 0.3) is 0 Å². The van der Waals surface area contributed by atoms with Gasteiger partial charge in [0.15, 0.2) is 0 Å². The zero-order chi connectivity index (χ0) is 11.6. The van der Waals surface area contributed by atoms with Crippen LogP contribution in [0.2, 0.25) is 0 Å². The summed E-state index contributed by atoms with van der Waals surface area (Å²) in [6.07, 6.45) is 1.14. The third-order valence-electron chi connectivity index (χ3n) is 3.21. The highest BCUT2D eigenvalue weighted by atomic mass is 16.7. The van der Waals surface area contributed by atoms with Gasteiger partial charge in [0.2, 0.25) is 6.29 Å². The fraction of sp³-hybridized carbons (Fsp3) is 0.900. The van der Waals surface area contributed by atoms with Gasteiger partial charge in [0, 0.05) is 12.4 Å². The lowest BCUT2D eigenvalue weighted by atomic mass is 9.68. The molecule has 1 aliphatic heterocycles. The molecular weight excluding hydrogens is 193 g/mol. The third-order valence-corrected chi connectivity index (χ3v) is 3.21. The van der Waals surface area contributed by atoms with Crippen molar-refractivity contribution in [2.45, 2.75) is 51.4 Å². The number of esters is 1. The van der Waals surface area contributed by atoms with Gasteiger partial charge in [-0.15, -0.1) is 0 Å². The summed E-state index contributed by atoms with van der Waals surface area (Å²) < 4.78 is 10.9. The van der Waals surface area contributed by atoms with E-state index in [4.69, 9.17) is 15.2 Å². The van der Waals surface area contributed by atoms with E-state index in [1.165, 1.54) is 6.92 Å². The average Bonchev–Trinajstić information content (AvgIpc) is 2.10. The number of rotatable bonds is 2. The lowest BCUT2D eigenvalue weighted by Gasteiger charge is -2.43. The maximum Gasteiger partial charge on any atom is 0.304 e. The van der Waals surface area contributed by atoms with Gasteiger partial charge in [-0.05, 0) is 18.8 Å². The standard InChI is InChI=1S/C10H20BNO3/c1-6(2)10(11)5-4-8(12)9(15-10)14-7(3)13/h6,8-9H,4-5,11-12H2,1-3H3/t8?,9?,10-/m0/s1. The van der Waals surface area contributed by atoms with Gasteiger partial charge >= 0.3 is 5.97 Å². The number of nitrogens with two attached hydrogens (primary N) is 1. The average molecular weight is 213 g/mol. The van der Waals surface area contributed by atoms with Crippen molar-refractivity contribution in [2.75, 3.05) is 0 Å². The van der Waals surface area contributed by atoms with E-state index >= 15 is 0 Å². The lowest BCUT2D eigenvalue weighted by molar-refractivity contribution is -0.224. The summed E-state index contributed by atoms with van der Waals surface area (Å²) in [7, 11) is 2.04. The Balaban J connectivity index is 2.67. The van der Waals surface area contributed by atoms with Gasteiger partial charge in [-0.3, -0.25) is 4.79 Å². The molecule has 0 amide bonds. The normalized spacial score (nSPS) is 36.6. The minimum absolute atomic E-state index is 0.208. The van der Waals surface area contributed by atoms with Gasteiger partial charge < -0.3 is 15.2 Å². The molecule has 0 aromatic heterocycles. The van der Waals surface area contributed by atoms with Gasteiger partial charge in [0.25, 0.3) is 0 Å². The van der Waals surface area contributed by atoms with Crippen molar-refractivity contribution in [3.8, 4) is 0 Å². The van der Waals surface area contributed by atoms with Crippen LogP contribution >= 0.6 is 0 Å². The van der Waals surface area contributed by atoms with Crippen molar-refractivity contribution < 1.29 is 14.3 Å². The molecule has 2 unspecified atom stereocenters. The van der Waals surface area contributed by atoms with Crippen LogP contribution in [0.15, 0.2) is 0 Å². The molecule has 5 heteroatoms. The first-order valence-electron chi connectivity index (χ1n) is 5.46. The summed E-state index contributed by atoms with van der Waals surface area (Å²) in [5, 5.41) is 0. The highest BCUT2D eigenvalue weighted by Gasteiger charge is 2.40. The molecule has 1 saturated heterocycles.